The van der Waals surface area contributed by atoms with E-state index in [1.54, 1.807) is 37.6 Å². The molecule has 0 amide bonds. The predicted octanol–water partition coefficient (Wildman–Crippen LogP) is 3.48. The Kier molecular flexibility index (Phi) is 5.81. The number of halogens is 1. The van der Waals surface area contributed by atoms with Crippen molar-refractivity contribution < 1.29 is 19.4 Å². The summed E-state index contributed by atoms with van der Waals surface area (Å²) in [6.07, 6.45) is 4.13. The first-order valence-electron chi connectivity index (χ1n) is 8.32. The molecule has 2 aromatic carbocycles. The molecule has 0 unspecified atom stereocenters. The van der Waals surface area contributed by atoms with Crippen molar-refractivity contribution in [2.24, 2.45) is 0 Å². The van der Waals surface area contributed by atoms with Crippen molar-refractivity contribution in [1.29, 1.82) is 0 Å². The maximum absolute atomic E-state index is 12.4. The summed E-state index contributed by atoms with van der Waals surface area (Å²) >= 11 is 6.08. The first-order chi connectivity index (χ1) is 12.6. The van der Waals surface area contributed by atoms with Crippen LogP contribution in [0.3, 0.4) is 0 Å². The third-order valence-electron chi connectivity index (χ3n) is 4.19. The van der Waals surface area contributed by atoms with Gasteiger partial charge in [-0.3, -0.25) is 4.79 Å². The maximum atomic E-state index is 12.4. The van der Waals surface area contributed by atoms with Crippen molar-refractivity contribution in [3.63, 3.8) is 0 Å². The average Bonchev–Trinajstić information content (AvgIpc) is 3.05. The smallest absolute Gasteiger partial charge is 0.188 e. The Morgan fingerprint density at radius 1 is 1.31 bits per heavy atom. The second kappa shape index (κ2) is 8.25. The monoisotopic (exact) mass is 373 g/mol. The molecular weight excluding hydrogens is 354 g/mol. The summed E-state index contributed by atoms with van der Waals surface area (Å²) < 4.78 is 10.9. The fraction of sp³-hybridized carbons (Fsp3) is 0.250. The number of carbonyl (C=O) groups is 1. The summed E-state index contributed by atoms with van der Waals surface area (Å²) in [4.78, 5) is 14.4. The van der Waals surface area contributed by atoms with E-state index in [1.165, 1.54) is 6.08 Å². The summed E-state index contributed by atoms with van der Waals surface area (Å²) in [6.45, 7) is 0.875. The number of aliphatic hydroxyl groups excluding tert-OH is 1. The number of allylic oxidation sites excluding steroid dienone is 1. The lowest BCUT2D eigenvalue weighted by Crippen LogP contribution is -2.13. The molecule has 3 rings (SSSR count). The van der Waals surface area contributed by atoms with E-state index in [4.69, 9.17) is 26.2 Å². The molecule has 1 aliphatic heterocycles. The SMILES string of the molecule is COc1cc2c(cc1OCCO)N(C=CC(=O)c1ccccc1Cl)CC2. The van der Waals surface area contributed by atoms with Gasteiger partial charge in [0, 0.05) is 36.1 Å². The van der Waals surface area contributed by atoms with E-state index in [2.05, 4.69) is 0 Å². The minimum atomic E-state index is -0.144. The topological polar surface area (TPSA) is 59.0 Å². The molecule has 26 heavy (non-hydrogen) atoms. The van der Waals surface area contributed by atoms with Gasteiger partial charge in [0.2, 0.25) is 0 Å². The largest absolute Gasteiger partial charge is 0.493 e. The molecule has 136 valence electrons. The van der Waals surface area contributed by atoms with Gasteiger partial charge in [0.15, 0.2) is 17.3 Å². The molecule has 0 saturated heterocycles. The highest BCUT2D eigenvalue weighted by molar-refractivity contribution is 6.34. The van der Waals surface area contributed by atoms with Crippen molar-refractivity contribution >= 4 is 23.1 Å². The molecule has 1 N–H and O–H groups in total. The number of anilines is 1. The number of rotatable bonds is 7. The van der Waals surface area contributed by atoms with E-state index >= 15 is 0 Å². The van der Waals surface area contributed by atoms with Gasteiger partial charge < -0.3 is 19.5 Å². The number of carbonyl (C=O) groups excluding carboxylic acids is 1. The van der Waals surface area contributed by atoms with Gasteiger partial charge in [0.1, 0.15) is 6.61 Å². The second-order valence-corrected chi connectivity index (χ2v) is 6.21. The maximum Gasteiger partial charge on any atom is 0.188 e. The molecule has 2 aromatic rings. The van der Waals surface area contributed by atoms with Gasteiger partial charge in [-0.05, 0) is 30.2 Å². The van der Waals surface area contributed by atoms with Crippen LogP contribution in [0.5, 0.6) is 11.5 Å². The zero-order valence-electron chi connectivity index (χ0n) is 14.4. The lowest BCUT2D eigenvalue weighted by atomic mass is 10.1. The molecule has 0 bridgehead atoms. The van der Waals surface area contributed by atoms with Crippen LogP contribution in [0.1, 0.15) is 15.9 Å². The van der Waals surface area contributed by atoms with Crippen LogP contribution < -0.4 is 14.4 Å². The predicted molar refractivity (Wildman–Crippen MR) is 102 cm³/mol. The van der Waals surface area contributed by atoms with E-state index in [-0.39, 0.29) is 19.0 Å². The van der Waals surface area contributed by atoms with Crippen molar-refractivity contribution in [3.05, 3.63) is 64.8 Å². The van der Waals surface area contributed by atoms with Crippen LogP contribution in [0.2, 0.25) is 5.02 Å². The number of ketones is 1. The lowest BCUT2D eigenvalue weighted by Gasteiger charge is -2.17. The standard InChI is InChI=1S/C20H20ClNO4/c1-25-19-12-14-6-8-22(17(14)13-20(19)26-11-10-23)9-7-18(24)15-4-2-3-5-16(15)21/h2-5,7,9,12-13,23H,6,8,10-11H2,1H3. The molecule has 0 radical (unpaired) electrons. The molecule has 0 aromatic heterocycles. The molecule has 0 spiro atoms. The van der Waals surface area contributed by atoms with Crippen LogP contribution in [-0.4, -0.2) is 37.8 Å². The van der Waals surface area contributed by atoms with Gasteiger partial charge in [0.25, 0.3) is 0 Å². The van der Waals surface area contributed by atoms with Crippen LogP contribution in [-0.2, 0) is 6.42 Å². The van der Waals surface area contributed by atoms with Crippen LogP contribution in [0.15, 0.2) is 48.7 Å². The quantitative estimate of drug-likeness (QED) is 0.594. The van der Waals surface area contributed by atoms with Crippen LogP contribution in [0.4, 0.5) is 5.69 Å². The zero-order chi connectivity index (χ0) is 18.5. The third-order valence-corrected chi connectivity index (χ3v) is 4.52. The molecule has 0 atom stereocenters. The molecule has 0 saturated carbocycles. The zero-order valence-corrected chi connectivity index (χ0v) is 15.2. The number of hydrogen-bond acceptors (Lipinski definition) is 5. The number of ether oxygens (including phenoxy) is 2. The Morgan fingerprint density at radius 2 is 2.12 bits per heavy atom. The fourth-order valence-corrected chi connectivity index (χ4v) is 3.14. The summed E-state index contributed by atoms with van der Waals surface area (Å²) in [6, 6.07) is 10.8. The number of benzene rings is 2. The van der Waals surface area contributed by atoms with E-state index in [0.717, 1.165) is 24.2 Å². The third kappa shape index (κ3) is 3.84. The molecule has 0 fully saturated rings. The first-order valence-corrected chi connectivity index (χ1v) is 8.70. The van der Waals surface area contributed by atoms with Gasteiger partial charge in [-0.2, -0.15) is 0 Å². The van der Waals surface area contributed by atoms with E-state index < -0.39 is 0 Å². The van der Waals surface area contributed by atoms with Gasteiger partial charge in [-0.25, -0.2) is 0 Å². The average molecular weight is 374 g/mol. The van der Waals surface area contributed by atoms with Crippen LogP contribution in [0, 0.1) is 0 Å². The minimum Gasteiger partial charge on any atom is -0.493 e. The van der Waals surface area contributed by atoms with E-state index in [0.29, 0.717) is 22.1 Å². The molecule has 6 heteroatoms. The molecule has 0 aliphatic carbocycles. The fourth-order valence-electron chi connectivity index (χ4n) is 2.91. The van der Waals surface area contributed by atoms with Gasteiger partial charge in [-0.15, -0.1) is 0 Å². The highest BCUT2D eigenvalue weighted by atomic mass is 35.5. The highest BCUT2D eigenvalue weighted by Gasteiger charge is 2.21. The van der Waals surface area contributed by atoms with Gasteiger partial charge in [0.05, 0.1) is 18.7 Å². The molecule has 1 aliphatic rings. The lowest BCUT2D eigenvalue weighted by molar-refractivity contribution is 0.104. The van der Waals surface area contributed by atoms with E-state index in [1.807, 2.05) is 17.0 Å². The van der Waals surface area contributed by atoms with E-state index in [9.17, 15) is 4.79 Å². The summed E-state index contributed by atoms with van der Waals surface area (Å²) in [5, 5.41) is 9.42. The number of nitrogens with zero attached hydrogens (tertiary/aromatic N) is 1. The normalized spacial score (nSPS) is 13.1. The first kappa shape index (κ1) is 18.3. The highest BCUT2D eigenvalue weighted by Crippen LogP contribution is 2.38. The Balaban J connectivity index is 1.82. The van der Waals surface area contributed by atoms with Crippen molar-refractivity contribution in [1.82, 2.24) is 0 Å². The molecular formula is C20H20ClNO4. The summed E-state index contributed by atoms with van der Waals surface area (Å²) in [5.74, 6) is 1.06. The second-order valence-electron chi connectivity index (χ2n) is 5.81. The Morgan fingerprint density at radius 3 is 2.85 bits per heavy atom. The van der Waals surface area contributed by atoms with Crippen LogP contribution >= 0.6 is 11.6 Å². The summed E-state index contributed by atoms with van der Waals surface area (Å²) in [7, 11) is 1.59. The Hall–Kier alpha value is -2.50. The van der Waals surface area contributed by atoms with Gasteiger partial charge in [-0.1, -0.05) is 23.7 Å². The number of methoxy groups -OCH3 is 1. The van der Waals surface area contributed by atoms with Crippen molar-refractivity contribution in [3.8, 4) is 11.5 Å². The Bertz CT molecular complexity index is 835. The number of fused-ring (bicyclic) bond motifs is 1. The number of hydrogen-bond donors (Lipinski definition) is 1. The Labute approximate surface area is 157 Å². The van der Waals surface area contributed by atoms with Gasteiger partial charge >= 0.3 is 0 Å². The number of aliphatic hydroxyl groups is 1. The van der Waals surface area contributed by atoms with Crippen molar-refractivity contribution in [2.75, 3.05) is 31.8 Å². The minimum absolute atomic E-state index is 0.0732. The summed E-state index contributed by atoms with van der Waals surface area (Å²) in [5.41, 5.74) is 2.56. The molecule has 1 heterocycles. The molecule has 5 nitrogen and oxygen atoms in total. The van der Waals surface area contributed by atoms with Crippen molar-refractivity contribution in [2.45, 2.75) is 6.42 Å². The van der Waals surface area contributed by atoms with Crippen LogP contribution in [0.25, 0.3) is 0 Å².